The van der Waals surface area contributed by atoms with Gasteiger partial charge in [-0.05, 0) is 55.6 Å². The first kappa shape index (κ1) is 19.8. The molecule has 0 aliphatic carbocycles. The van der Waals surface area contributed by atoms with Crippen molar-refractivity contribution >= 4 is 10.9 Å². The predicted molar refractivity (Wildman–Crippen MR) is 118 cm³/mol. The number of para-hydroxylation sites is 1. The average Bonchev–Trinajstić information content (AvgIpc) is 2.77. The number of aryl methyl sites for hydroxylation is 2. The first-order valence-electron chi connectivity index (χ1n) is 10.6. The van der Waals surface area contributed by atoms with Crippen molar-refractivity contribution in [2.24, 2.45) is 7.05 Å². The van der Waals surface area contributed by atoms with Crippen LogP contribution in [0, 0.1) is 0 Å². The molecule has 2 aromatic heterocycles. The molecule has 3 heterocycles. The fraction of sp³-hybridized carbons (Fsp3) is 0.417. The summed E-state index contributed by atoms with van der Waals surface area (Å²) in [6.45, 7) is 5.68. The Labute approximate surface area is 172 Å². The van der Waals surface area contributed by atoms with Crippen LogP contribution in [0.2, 0.25) is 0 Å². The van der Waals surface area contributed by atoms with Crippen molar-refractivity contribution in [3.8, 4) is 0 Å². The summed E-state index contributed by atoms with van der Waals surface area (Å²) in [7, 11) is 2.02. The minimum Gasteiger partial charge on any atom is -0.350 e. The number of piperidine rings is 1. The molecule has 1 N–H and O–H groups in total. The lowest BCUT2D eigenvalue weighted by atomic mass is 10.0. The van der Waals surface area contributed by atoms with Gasteiger partial charge in [0.25, 0.3) is 0 Å². The molecule has 3 aromatic rings. The zero-order valence-corrected chi connectivity index (χ0v) is 17.4. The number of fused-ring (bicyclic) bond motifs is 1. The number of benzene rings is 1. The van der Waals surface area contributed by atoms with Crippen LogP contribution in [0.5, 0.6) is 0 Å². The Hall–Kier alpha value is -2.50. The minimum absolute atomic E-state index is 0.149. The molecule has 4 rings (SSSR count). The van der Waals surface area contributed by atoms with Crippen LogP contribution < -0.4 is 10.7 Å². The van der Waals surface area contributed by atoms with E-state index in [1.165, 1.54) is 12.0 Å². The summed E-state index contributed by atoms with van der Waals surface area (Å²) in [4.78, 5) is 20.1. The number of nitrogens with zero attached hydrogens (tertiary/aromatic N) is 3. The molecule has 0 unspecified atom stereocenters. The molecule has 0 amide bonds. The van der Waals surface area contributed by atoms with Crippen LogP contribution in [0.15, 0.2) is 53.6 Å². The number of nitrogens with one attached hydrogen (secondary N) is 1. The van der Waals surface area contributed by atoms with Crippen LogP contribution in [-0.2, 0) is 26.6 Å². The van der Waals surface area contributed by atoms with Gasteiger partial charge in [0.15, 0.2) is 5.43 Å². The van der Waals surface area contributed by atoms with Crippen molar-refractivity contribution in [2.45, 2.75) is 45.3 Å². The molecule has 0 saturated carbocycles. The molecular formula is C24H30N4O. The highest BCUT2D eigenvalue weighted by molar-refractivity contribution is 5.79. The van der Waals surface area contributed by atoms with Crippen LogP contribution in [0.4, 0.5) is 0 Å². The summed E-state index contributed by atoms with van der Waals surface area (Å²) in [6.07, 6.45) is 7.18. The Kier molecular flexibility index (Phi) is 6.07. The summed E-state index contributed by atoms with van der Waals surface area (Å²) in [5, 5.41) is 4.33. The fourth-order valence-corrected chi connectivity index (χ4v) is 4.35. The van der Waals surface area contributed by atoms with Crippen molar-refractivity contribution in [3.05, 3.63) is 75.8 Å². The quantitative estimate of drug-likeness (QED) is 0.702. The Morgan fingerprint density at radius 3 is 2.90 bits per heavy atom. The lowest BCUT2D eigenvalue weighted by Crippen LogP contribution is -2.45. The number of rotatable bonds is 6. The van der Waals surface area contributed by atoms with E-state index in [2.05, 4.69) is 38.8 Å². The highest BCUT2D eigenvalue weighted by Gasteiger charge is 2.23. The molecular weight excluding hydrogens is 360 g/mol. The molecule has 1 aliphatic heterocycles. The molecule has 1 fully saturated rings. The van der Waals surface area contributed by atoms with Crippen LogP contribution in [-0.4, -0.2) is 33.6 Å². The van der Waals surface area contributed by atoms with E-state index in [4.69, 9.17) is 0 Å². The molecule has 29 heavy (non-hydrogen) atoms. The third kappa shape index (κ3) is 4.41. The molecule has 5 heteroatoms. The molecule has 1 saturated heterocycles. The highest BCUT2D eigenvalue weighted by atomic mass is 16.1. The first-order chi connectivity index (χ1) is 14.2. The Morgan fingerprint density at radius 1 is 1.24 bits per heavy atom. The number of pyridine rings is 2. The van der Waals surface area contributed by atoms with E-state index in [1.54, 1.807) is 0 Å². The molecule has 0 radical (unpaired) electrons. The molecule has 152 valence electrons. The normalized spacial score (nSPS) is 17.1. The molecule has 5 nitrogen and oxygen atoms in total. The third-order valence-corrected chi connectivity index (χ3v) is 5.96. The molecule has 0 bridgehead atoms. The Balaban J connectivity index is 1.67. The standard InChI is InChI=1S/C24H30N4O/c1-3-20-13-18(10-12-26-20)15-28(21-7-6-11-25-14-21)17-19-16-27(2)23-9-5-4-8-22(23)24(19)29/h4-5,8-10,12-13,16,21,25H,3,6-7,11,14-15,17H2,1-2H3/t21-/m1/s1. The van der Waals surface area contributed by atoms with Gasteiger partial charge < -0.3 is 9.88 Å². The number of hydrogen-bond acceptors (Lipinski definition) is 4. The van der Waals surface area contributed by atoms with Gasteiger partial charge in [0.05, 0.1) is 5.52 Å². The van der Waals surface area contributed by atoms with Crippen molar-refractivity contribution in [1.29, 1.82) is 0 Å². The van der Waals surface area contributed by atoms with Crippen LogP contribution in [0.3, 0.4) is 0 Å². The average molecular weight is 391 g/mol. The van der Waals surface area contributed by atoms with Gasteiger partial charge in [-0.25, -0.2) is 0 Å². The largest absolute Gasteiger partial charge is 0.350 e. The van der Waals surface area contributed by atoms with Crippen LogP contribution in [0.1, 0.15) is 36.6 Å². The van der Waals surface area contributed by atoms with E-state index >= 15 is 0 Å². The lowest BCUT2D eigenvalue weighted by molar-refractivity contribution is 0.149. The lowest BCUT2D eigenvalue weighted by Gasteiger charge is -2.35. The molecule has 1 atom stereocenters. The Morgan fingerprint density at radius 2 is 2.10 bits per heavy atom. The van der Waals surface area contributed by atoms with Gasteiger partial charge >= 0.3 is 0 Å². The zero-order valence-electron chi connectivity index (χ0n) is 17.4. The zero-order chi connectivity index (χ0) is 20.2. The van der Waals surface area contributed by atoms with Crippen LogP contribution in [0.25, 0.3) is 10.9 Å². The van der Waals surface area contributed by atoms with Gasteiger partial charge in [0, 0.05) is 61.8 Å². The maximum atomic E-state index is 13.2. The number of aromatic nitrogens is 2. The first-order valence-corrected chi connectivity index (χ1v) is 10.6. The van der Waals surface area contributed by atoms with Crippen LogP contribution >= 0.6 is 0 Å². The van der Waals surface area contributed by atoms with Gasteiger partial charge in [-0.1, -0.05) is 19.1 Å². The van der Waals surface area contributed by atoms with Gasteiger partial charge in [-0.15, -0.1) is 0 Å². The van der Waals surface area contributed by atoms with E-state index in [1.807, 2.05) is 43.7 Å². The number of hydrogen-bond donors (Lipinski definition) is 1. The summed E-state index contributed by atoms with van der Waals surface area (Å²) in [6, 6.07) is 12.6. The van der Waals surface area contributed by atoms with E-state index in [-0.39, 0.29) is 5.43 Å². The summed E-state index contributed by atoms with van der Waals surface area (Å²) < 4.78 is 2.07. The van der Waals surface area contributed by atoms with E-state index in [9.17, 15) is 4.79 Å². The second-order valence-electron chi connectivity index (χ2n) is 8.03. The van der Waals surface area contributed by atoms with Crippen molar-refractivity contribution in [2.75, 3.05) is 13.1 Å². The van der Waals surface area contributed by atoms with Gasteiger partial charge in [0.1, 0.15) is 0 Å². The SMILES string of the molecule is CCc1cc(CN(Cc2cn(C)c3ccccc3c2=O)[C@@H]2CCCNC2)ccn1. The minimum atomic E-state index is 0.149. The summed E-state index contributed by atoms with van der Waals surface area (Å²) in [5.41, 5.74) is 4.37. The van der Waals surface area contributed by atoms with Gasteiger partial charge in [-0.2, -0.15) is 0 Å². The molecule has 1 aromatic carbocycles. The third-order valence-electron chi connectivity index (χ3n) is 5.96. The van der Waals surface area contributed by atoms with E-state index < -0.39 is 0 Å². The topological polar surface area (TPSA) is 50.2 Å². The maximum absolute atomic E-state index is 13.2. The maximum Gasteiger partial charge on any atom is 0.193 e. The van der Waals surface area contributed by atoms with Crippen molar-refractivity contribution < 1.29 is 0 Å². The van der Waals surface area contributed by atoms with E-state index in [0.29, 0.717) is 12.6 Å². The fourth-order valence-electron chi connectivity index (χ4n) is 4.35. The molecule has 0 spiro atoms. The predicted octanol–water partition coefficient (Wildman–Crippen LogP) is 3.25. The van der Waals surface area contributed by atoms with Gasteiger partial charge in [0.2, 0.25) is 0 Å². The highest BCUT2D eigenvalue weighted by Crippen LogP contribution is 2.19. The monoisotopic (exact) mass is 390 g/mol. The van der Waals surface area contributed by atoms with Crippen molar-refractivity contribution in [3.63, 3.8) is 0 Å². The second kappa shape index (κ2) is 8.89. The summed E-state index contributed by atoms with van der Waals surface area (Å²) >= 11 is 0. The molecule has 1 aliphatic rings. The summed E-state index contributed by atoms with van der Waals surface area (Å²) in [5.74, 6) is 0. The Bertz CT molecular complexity index is 1040. The van der Waals surface area contributed by atoms with Gasteiger partial charge in [-0.3, -0.25) is 14.7 Å². The smallest absolute Gasteiger partial charge is 0.193 e. The van der Waals surface area contributed by atoms with Crippen molar-refractivity contribution in [1.82, 2.24) is 19.8 Å². The second-order valence-corrected chi connectivity index (χ2v) is 8.03. The van der Waals surface area contributed by atoms with E-state index in [0.717, 1.165) is 54.6 Å².